The predicted octanol–water partition coefficient (Wildman–Crippen LogP) is 4.28. The van der Waals surface area contributed by atoms with Crippen LogP contribution in [0.2, 0.25) is 0 Å². The molecule has 9 nitrogen and oxygen atoms in total. The van der Waals surface area contributed by atoms with E-state index in [2.05, 4.69) is 23.7 Å². The van der Waals surface area contributed by atoms with Crippen LogP contribution in [-0.2, 0) is 6.54 Å². The van der Waals surface area contributed by atoms with E-state index in [1.54, 1.807) is 31.8 Å². The molecule has 1 fully saturated rings. The summed E-state index contributed by atoms with van der Waals surface area (Å²) in [5.74, 6) is 2.44. The summed E-state index contributed by atoms with van der Waals surface area (Å²) >= 11 is 0. The molecule has 1 aliphatic rings. The molecule has 0 spiro atoms. The van der Waals surface area contributed by atoms with Gasteiger partial charge in [-0.2, -0.15) is 0 Å². The largest absolute Gasteiger partial charge is 0.497 e. The first-order valence-electron chi connectivity index (χ1n) is 11.4. The maximum absolute atomic E-state index is 6.06. The number of nitrogen functional groups attached to an aromatic ring is 1. The Morgan fingerprint density at radius 2 is 1.82 bits per heavy atom. The molecule has 0 bridgehead atoms. The Balaban J connectivity index is 1.52. The van der Waals surface area contributed by atoms with Gasteiger partial charge in [0.05, 0.1) is 31.7 Å². The number of fused-ring (bicyclic) bond motifs is 1. The summed E-state index contributed by atoms with van der Waals surface area (Å²) in [6.07, 6.45) is 7.23. The number of aromatic nitrogens is 5. The van der Waals surface area contributed by atoms with Crippen molar-refractivity contribution in [3.05, 3.63) is 54.5 Å². The van der Waals surface area contributed by atoms with Crippen LogP contribution >= 0.6 is 0 Å². The van der Waals surface area contributed by atoms with E-state index in [1.807, 2.05) is 28.9 Å². The van der Waals surface area contributed by atoms with Crippen LogP contribution in [0.3, 0.4) is 0 Å². The van der Waals surface area contributed by atoms with Crippen molar-refractivity contribution in [3.8, 4) is 17.4 Å². The zero-order valence-corrected chi connectivity index (χ0v) is 19.7. The maximum atomic E-state index is 6.06. The monoisotopic (exact) mass is 459 g/mol. The summed E-state index contributed by atoms with van der Waals surface area (Å²) < 4.78 is 13.1. The number of methoxy groups -OCH3 is 1. The third-order valence-corrected chi connectivity index (χ3v) is 6.36. The van der Waals surface area contributed by atoms with E-state index in [0.717, 1.165) is 43.1 Å². The maximum Gasteiger partial charge on any atom is 0.267 e. The number of hydrogen-bond acceptors (Lipinski definition) is 8. The summed E-state index contributed by atoms with van der Waals surface area (Å²) in [7, 11) is 1.66. The third kappa shape index (κ3) is 4.46. The fourth-order valence-corrected chi connectivity index (χ4v) is 4.06. The van der Waals surface area contributed by atoms with Gasteiger partial charge in [0.15, 0.2) is 16.9 Å². The van der Waals surface area contributed by atoms with E-state index >= 15 is 0 Å². The molecule has 1 aliphatic heterocycles. The van der Waals surface area contributed by atoms with Crippen LogP contribution in [0.15, 0.2) is 48.9 Å². The number of nitrogens with zero attached hydrogens (tertiary/aromatic N) is 6. The van der Waals surface area contributed by atoms with Crippen LogP contribution in [-0.4, -0.2) is 44.9 Å². The Bertz CT molecular complexity index is 1290. The molecule has 5 rings (SSSR count). The van der Waals surface area contributed by atoms with Gasteiger partial charge < -0.3 is 20.1 Å². The first-order chi connectivity index (χ1) is 16.4. The molecule has 9 heteroatoms. The molecule has 3 aromatic heterocycles. The normalized spacial score (nSPS) is 15.4. The topological polar surface area (TPSA) is 104 Å². The SMILES string of the molecule is COc1ccc(Cn2nc(Oc3cnccc3N)c3ncc(N4CCC(C)(C)CC4)nc32)cc1. The molecule has 1 saturated heterocycles. The summed E-state index contributed by atoms with van der Waals surface area (Å²) in [5.41, 5.74) is 9.20. The number of nitrogens with two attached hydrogens (primary N) is 1. The van der Waals surface area contributed by atoms with Crippen molar-refractivity contribution in [2.45, 2.75) is 33.2 Å². The molecule has 0 atom stereocenters. The van der Waals surface area contributed by atoms with Gasteiger partial charge in [-0.05, 0) is 42.0 Å². The van der Waals surface area contributed by atoms with Crippen molar-refractivity contribution in [1.29, 1.82) is 0 Å². The highest BCUT2D eigenvalue weighted by molar-refractivity contribution is 5.78. The third-order valence-electron chi connectivity index (χ3n) is 6.36. The van der Waals surface area contributed by atoms with E-state index < -0.39 is 0 Å². The molecule has 0 aliphatic carbocycles. The van der Waals surface area contributed by atoms with Gasteiger partial charge in [-0.1, -0.05) is 26.0 Å². The number of piperidine rings is 1. The highest BCUT2D eigenvalue weighted by atomic mass is 16.5. The van der Waals surface area contributed by atoms with Gasteiger partial charge in [0.2, 0.25) is 0 Å². The minimum atomic E-state index is 0.349. The molecular weight excluding hydrogens is 430 g/mol. The van der Waals surface area contributed by atoms with Crippen molar-refractivity contribution in [2.75, 3.05) is 30.8 Å². The van der Waals surface area contributed by atoms with Gasteiger partial charge >= 0.3 is 0 Å². The molecule has 34 heavy (non-hydrogen) atoms. The van der Waals surface area contributed by atoms with Gasteiger partial charge in [-0.3, -0.25) is 4.98 Å². The number of pyridine rings is 1. The molecule has 4 aromatic rings. The van der Waals surface area contributed by atoms with E-state index in [-0.39, 0.29) is 0 Å². The second-order valence-corrected chi connectivity index (χ2v) is 9.38. The zero-order valence-electron chi connectivity index (χ0n) is 19.7. The average molecular weight is 460 g/mol. The van der Waals surface area contributed by atoms with E-state index in [4.69, 9.17) is 30.3 Å². The van der Waals surface area contributed by atoms with Gasteiger partial charge in [0.1, 0.15) is 11.6 Å². The first-order valence-corrected chi connectivity index (χ1v) is 11.4. The number of anilines is 2. The highest BCUT2D eigenvalue weighted by Gasteiger charge is 2.27. The van der Waals surface area contributed by atoms with E-state index in [9.17, 15) is 0 Å². The standard InChI is InChI=1S/C25H29N7O2/c1-25(2)9-12-31(13-10-25)21-15-28-22-23(29-21)32(16-17-4-6-18(33-3)7-5-17)30-24(22)34-20-14-27-11-8-19(20)26/h4-8,11,14-15H,9-10,12-13,16H2,1-3H3,(H2,26,27). The minimum absolute atomic E-state index is 0.349. The Hall–Kier alpha value is -3.88. The van der Waals surface area contributed by atoms with E-state index in [0.29, 0.717) is 40.4 Å². The van der Waals surface area contributed by atoms with Crippen LogP contribution in [0.4, 0.5) is 11.5 Å². The minimum Gasteiger partial charge on any atom is -0.497 e. The summed E-state index contributed by atoms with van der Waals surface area (Å²) in [6, 6.07) is 9.57. The van der Waals surface area contributed by atoms with Crippen LogP contribution in [0.1, 0.15) is 32.3 Å². The predicted molar refractivity (Wildman–Crippen MR) is 131 cm³/mol. The molecule has 0 saturated carbocycles. The zero-order chi connectivity index (χ0) is 23.7. The molecule has 4 heterocycles. The van der Waals surface area contributed by atoms with Gasteiger partial charge in [0, 0.05) is 19.3 Å². The fraction of sp³-hybridized carbons (Fsp3) is 0.360. The number of hydrogen-bond donors (Lipinski definition) is 1. The number of benzene rings is 1. The van der Waals surface area contributed by atoms with Gasteiger partial charge in [0.25, 0.3) is 5.88 Å². The van der Waals surface area contributed by atoms with E-state index in [1.165, 1.54) is 0 Å². The fourth-order valence-electron chi connectivity index (χ4n) is 4.06. The lowest BCUT2D eigenvalue weighted by Gasteiger charge is -2.37. The Morgan fingerprint density at radius 3 is 2.53 bits per heavy atom. The molecule has 2 N–H and O–H groups in total. The van der Waals surface area contributed by atoms with Crippen LogP contribution in [0, 0.1) is 5.41 Å². The highest BCUT2D eigenvalue weighted by Crippen LogP contribution is 2.34. The molecule has 0 radical (unpaired) electrons. The van der Waals surface area contributed by atoms with Crippen LogP contribution < -0.4 is 20.1 Å². The summed E-state index contributed by atoms with van der Waals surface area (Å²) in [5, 5.41) is 4.71. The first kappa shape index (κ1) is 21.9. The molecule has 1 aromatic carbocycles. The Labute approximate surface area is 198 Å². The number of ether oxygens (including phenoxy) is 2. The lowest BCUT2D eigenvalue weighted by molar-refractivity contribution is 0.279. The Kier molecular flexibility index (Phi) is 5.69. The smallest absolute Gasteiger partial charge is 0.267 e. The molecule has 0 unspecified atom stereocenters. The summed E-state index contributed by atoms with van der Waals surface area (Å²) in [6.45, 7) is 7.05. The Morgan fingerprint density at radius 1 is 1.06 bits per heavy atom. The van der Waals surface area contributed by atoms with Crippen molar-refractivity contribution in [1.82, 2.24) is 24.7 Å². The second-order valence-electron chi connectivity index (χ2n) is 9.38. The molecule has 176 valence electrons. The van der Waals surface area contributed by atoms with Crippen LogP contribution in [0.5, 0.6) is 17.4 Å². The van der Waals surface area contributed by atoms with Gasteiger partial charge in [-0.15, -0.1) is 5.10 Å². The van der Waals surface area contributed by atoms with Crippen molar-refractivity contribution in [3.63, 3.8) is 0 Å². The lowest BCUT2D eigenvalue weighted by Crippen LogP contribution is -2.37. The lowest BCUT2D eigenvalue weighted by atomic mass is 9.83. The van der Waals surface area contributed by atoms with Crippen molar-refractivity contribution >= 4 is 22.7 Å². The average Bonchev–Trinajstić information content (AvgIpc) is 3.17. The quantitative estimate of drug-likeness (QED) is 0.456. The van der Waals surface area contributed by atoms with Crippen LogP contribution in [0.25, 0.3) is 11.2 Å². The van der Waals surface area contributed by atoms with Gasteiger partial charge in [-0.25, -0.2) is 14.6 Å². The van der Waals surface area contributed by atoms with Crippen molar-refractivity contribution < 1.29 is 9.47 Å². The molecular formula is C25H29N7O2. The number of rotatable bonds is 6. The second kappa shape index (κ2) is 8.81. The molecule has 0 amide bonds. The van der Waals surface area contributed by atoms with Crippen molar-refractivity contribution in [2.24, 2.45) is 5.41 Å². The summed E-state index contributed by atoms with van der Waals surface area (Å²) in [4.78, 5) is 16.1.